The molecule has 1 aromatic heterocycles. The molecule has 0 bridgehead atoms. The number of amides is 2. The fourth-order valence-electron chi connectivity index (χ4n) is 2.60. The maximum Gasteiger partial charge on any atom is 0.341 e. The first-order valence-corrected chi connectivity index (χ1v) is 7.92. The van der Waals surface area contributed by atoms with Gasteiger partial charge in [0.1, 0.15) is 0 Å². The minimum absolute atomic E-state index is 0.0975. The van der Waals surface area contributed by atoms with Gasteiger partial charge in [0.25, 0.3) is 0 Å². The molecule has 0 saturated heterocycles. The van der Waals surface area contributed by atoms with Crippen LogP contribution in [0.15, 0.2) is 41.8 Å². The summed E-state index contributed by atoms with van der Waals surface area (Å²) < 4.78 is 0. The lowest BCUT2D eigenvalue weighted by molar-refractivity contribution is 0.0316. The van der Waals surface area contributed by atoms with Gasteiger partial charge in [-0.1, -0.05) is 30.3 Å². The average molecular weight is 302 g/mol. The van der Waals surface area contributed by atoms with E-state index in [1.54, 1.807) is 11.3 Å². The molecule has 5 heteroatoms. The number of urea groups is 1. The van der Waals surface area contributed by atoms with Gasteiger partial charge >= 0.3 is 6.03 Å². The van der Waals surface area contributed by atoms with Crippen LogP contribution >= 0.6 is 11.3 Å². The number of hydrogen-bond acceptors (Lipinski definition) is 3. The highest BCUT2D eigenvalue weighted by atomic mass is 32.1. The third kappa shape index (κ3) is 3.09. The molecule has 0 saturated carbocycles. The van der Waals surface area contributed by atoms with Crippen LogP contribution in [-0.2, 0) is 17.9 Å². The van der Waals surface area contributed by atoms with Crippen LogP contribution in [0, 0.1) is 0 Å². The molecule has 1 atom stereocenters. The Kier molecular flexibility index (Phi) is 4.22. The molecule has 4 nitrogen and oxygen atoms in total. The number of benzene rings is 1. The van der Waals surface area contributed by atoms with Crippen molar-refractivity contribution in [2.45, 2.75) is 26.0 Å². The second-order valence-corrected chi connectivity index (χ2v) is 6.10. The van der Waals surface area contributed by atoms with Crippen LogP contribution in [0.2, 0.25) is 0 Å². The SMILES string of the molecule is C[C@H]1c2ccsc2CCN1C(=O)NOCc1ccccc1. The summed E-state index contributed by atoms with van der Waals surface area (Å²) in [7, 11) is 0. The summed E-state index contributed by atoms with van der Waals surface area (Å²) in [5.41, 5.74) is 4.83. The van der Waals surface area contributed by atoms with Crippen molar-refractivity contribution in [3.63, 3.8) is 0 Å². The van der Waals surface area contributed by atoms with E-state index >= 15 is 0 Å². The summed E-state index contributed by atoms with van der Waals surface area (Å²) in [4.78, 5) is 20.7. The molecule has 1 aliphatic rings. The summed E-state index contributed by atoms with van der Waals surface area (Å²) in [6, 6.07) is 11.8. The first-order valence-electron chi connectivity index (χ1n) is 7.04. The highest BCUT2D eigenvalue weighted by molar-refractivity contribution is 7.10. The lowest BCUT2D eigenvalue weighted by Crippen LogP contribution is -2.44. The number of carbonyl (C=O) groups excluding carboxylic acids is 1. The van der Waals surface area contributed by atoms with Crippen molar-refractivity contribution in [1.29, 1.82) is 0 Å². The Morgan fingerprint density at radius 1 is 1.38 bits per heavy atom. The fourth-order valence-corrected chi connectivity index (χ4v) is 3.56. The zero-order chi connectivity index (χ0) is 14.7. The molecule has 110 valence electrons. The van der Waals surface area contributed by atoms with Crippen molar-refractivity contribution < 1.29 is 9.63 Å². The van der Waals surface area contributed by atoms with Gasteiger partial charge in [-0.15, -0.1) is 11.3 Å². The molecule has 0 fully saturated rings. The van der Waals surface area contributed by atoms with E-state index in [4.69, 9.17) is 4.84 Å². The van der Waals surface area contributed by atoms with Crippen LogP contribution in [0.1, 0.15) is 29.0 Å². The average Bonchev–Trinajstić information content (AvgIpc) is 2.98. The molecule has 1 aliphatic heterocycles. The van der Waals surface area contributed by atoms with Crippen molar-refractivity contribution in [2.75, 3.05) is 6.54 Å². The normalized spacial score (nSPS) is 17.4. The highest BCUT2D eigenvalue weighted by Crippen LogP contribution is 2.32. The minimum Gasteiger partial charge on any atom is -0.316 e. The fraction of sp³-hybridized carbons (Fsp3) is 0.312. The molecule has 3 rings (SSSR count). The summed E-state index contributed by atoms with van der Waals surface area (Å²) >= 11 is 1.77. The molecule has 1 N–H and O–H groups in total. The summed E-state index contributed by atoms with van der Waals surface area (Å²) in [5, 5.41) is 2.09. The van der Waals surface area contributed by atoms with Crippen molar-refractivity contribution >= 4 is 17.4 Å². The predicted octanol–water partition coefficient (Wildman–Crippen LogP) is 3.51. The Labute approximate surface area is 128 Å². The minimum atomic E-state index is -0.171. The van der Waals surface area contributed by atoms with E-state index in [1.807, 2.05) is 35.2 Å². The Bertz CT molecular complexity index is 612. The van der Waals surface area contributed by atoms with Gasteiger partial charge in [-0.2, -0.15) is 0 Å². The molecule has 0 spiro atoms. The van der Waals surface area contributed by atoms with E-state index in [-0.39, 0.29) is 12.1 Å². The van der Waals surface area contributed by atoms with Crippen LogP contribution in [-0.4, -0.2) is 17.5 Å². The Hall–Kier alpha value is -1.85. The number of nitrogens with one attached hydrogen (secondary N) is 1. The molecule has 2 heterocycles. The third-order valence-electron chi connectivity index (χ3n) is 3.78. The van der Waals surface area contributed by atoms with Gasteiger partial charge in [-0.05, 0) is 35.9 Å². The number of nitrogens with zero attached hydrogens (tertiary/aromatic N) is 1. The first-order chi connectivity index (χ1) is 10.3. The number of hydrogen-bond donors (Lipinski definition) is 1. The van der Waals surface area contributed by atoms with Gasteiger partial charge in [0.2, 0.25) is 0 Å². The molecule has 0 unspecified atom stereocenters. The molecular formula is C16H18N2O2S. The number of thiophene rings is 1. The predicted molar refractivity (Wildman–Crippen MR) is 82.9 cm³/mol. The van der Waals surface area contributed by atoms with Gasteiger partial charge in [-0.25, -0.2) is 10.3 Å². The van der Waals surface area contributed by atoms with E-state index in [9.17, 15) is 4.79 Å². The maximum absolute atomic E-state index is 12.2. The Morgan fingerprint density at radius 2 is 2.19 bits per heavy atom. The number of fused-ring (bicyclic) bond motifs is 1. The van der Waals surface area contributed by atoms with E-state index in [2.05, 4.69) is 23.9 Å². The zero-order valence-corrected chi connectivity index (χ0v) is 12.7. The topological polar surface area (TPSA) is 41.6 Å². The molecule has 0 aliphatic carbocycles. The van der Waals surface area contributed by atoms with Crippen LogP contribution in [0.5, 0.6) is 0 Å². The lowest BCUT2D eigenvalue weighted by atomic mass is 10.0. The molecule has 2 aromatic rings. The highest BCUT2D eigenvalue weighted by Gasteiger charge is 2.28. The molecular weight excluding hydrogens is 284 g/mol. The lowest BCUT2D eigenvalue weighted by Gasteiger charge is -2.33. The zero-order valence-electron chi connectivity index (χ0n) is 11.9. The van der Waals surface area contributed by atoms with Gasteiger partial charge in [0.15, 0.2) is 0 Å². The number of carbonyl (C=O) groups is 1. The monoisotopic (exact) mass is 302 g/mol. The van der Waals surface area contributed by atoms with Gasteiger partial charge in [0, 0.05) is 11.4 Å². The van der Waals surface area contributed by atoms with Gasteiger partial charge in [0.05, 0.1) is 12.6 Å². The van der Waals surface area contributed by atoms with E-state index in [0.29, 0.717) is 6.61 Å². The molecule has 0 radical (unpaired) electrons. The van der Waals surface area contributed by atoms with E-state index in [0.717, 1.165) is 18.5 Å². The maximum atomic E-state index is 12.2. The van der Waals surface area contributed by atoms with Crippen molar-refractivity contribution in [2.24, 2.45) is 0 Å². The van der Waals surface area contributed by atoms with Gasteiger partial charge in [-0.3, -0.25) is 4.84 Å². The first kappa shape index (κ1) is 14.1. The summed E-state index contributed by atoms with van der Waals surface area (Å²) in [6.07, 6.45) is 0.920. The number of rotatable bonds is 3. The summed E-state index contributed by atoms with van der Waals surface area (Å²) in [5.74, 6) is 0. The van der Waals surface area contributed by atoms with Crippen molar-refractivity contribution in [3.8, 4) is 0 Å². The van der Waals surface area contributed by atoms with Crippen LogP contribution in [0.25, 0.3) is 0 Å². The number of hydroxylamine groups is 1. The van der Waals surface area contributed by atoms with Crippen molar-refractivity contribution in [3.05, 3.63) is 57.8 Å². The van der Waals surface area contributed by atoms with Crippen LogP contribution < -0.4 is 5.48 Å². The third-order valence-corrected chi connectivity index (χ3v) is 4.78. The van der Waals surface area contributed by atoms with Crippen molar-refractivity contribution in [1.82, 2.24) is 10.4 Å². The standard InChI is InChI=1S/C16H18N2O2S/c1-12-14-8-10-21-15(14)7-9-18(12)16(19)17-20-11-13-5-3-2-4-6-13/h2-6,8,10,12H,7,9,11H2,1H3,(H,17,19)/t12-/m0/s1. The second kappa shape index (κ2) is 6.28. The summed E-state index contributed by atoms with van der Waals surface area (Å²) in [6.45, 7) is 3.16. The van der Waals surface area contributed by atoms with E-state index in [1.165, 1.54) is 10.4 Å². The second-order valence-electron chi connectivity index (χ2n) is 5.10. The quantitative estimate of drug-likeness (QED) is 0.882. The van der Waals surface area contributed by atoms with Gasteiger partial charge < -0.3 is 4.90 Å². The molecule has 2 amide bonds. The molecule has 1 aromatic carbocycles. The molecule has 21 heavy (non-hydrogen) atoms. The smallest absolute Gasteiger partial charge is 0.316 e. The van der Waals surface area contributed by atoms with Crippen LogP contribution in [0.3, 0.4) is 0 Å². The van der Waals surface area contributed by atoms with E-state index < -0.39 is 0 Å². The Balaban J connectivity index is 1.54. The van der Waals surface area contributed by atoms with Crippen LogP contribution in [0.4, 0.5) is 4.79 Å². The Morgan fingerprint density at radius 3 is 3.00 bits per heavy atom. The largest absolute Gasteiger partial charge is 0.341 e.